The van der Waals surface area contributed by atoms with Crippen molar-refractivity contribution in [1.82, 2.24) is 30.9 Å². The number of nitrogens with one attached hydrogen (secondary N) is 3. The van der Waals surface area contributed by atoms with Gasteiger partial charge in [0.05, 0.1) is 30.1 Å². The van der Waals surface area contributed by atoms with Gasteiger partial charge in [0, 0.05) is 23.5 Å². The topological polar surface area (TPSA) is 109 Å². The summed E-state index contributed by atoms with van der Waals surface area (Å²) in [6, 6.07) is -0.644. The Kier molecular flexibility index (Phi) is 4.52. The minimum Gasteiger partial charge on any atom is -0.347 e. The van der Waals surface area contributed by atoms with Crippen LogP contribution in [-0.4, -0.2) is 32.9 Å². The number of amides is 3. The summed E-state index contributed by atoms with van der Waals surface area (Å²) in [6.45, 7) is 3.78. The number of hydrogen-bond acceptors (Lipinski definition) is 6. The largest absolute Gasteiger partial charge is 0.347 e. The van der Waals surface area contributed by atoms with Crippen LogP contribution in [0.4, 0.5) is 4.79 Å². The van der Waals surface area contributed by atoms with Crippen LogP contribution in [-0.2, 0) is 11.3 Å². The highest BCUT2D eigenvalue weighted by Crippen LogP contribution is 2.20. The van der Waals surface area contributed by atoms with E-state index in [0.717, 1.165) is 10.7 Å². The van der Waals surface area contributed by atoms with E-state index in [4.69, 9.17) is 0 Å². The fourth-order valence-corrected chi connectivity index (χ4v) is 3.20. The first kappa shape index (κ1) is 16.1. The number of hydrogen-bond donors (Lipinski definition) is 3. The number of nitrogens with zero attached hydrogens (tertiary/aromatic N) is 3. The zero-order chi connectivity index (χ0) is 17.1. The zero-order valence-electron chi connectivity index (χ0n) is 13.2. The third-order valence-electron chi connectivity index (χ3n) is 3.49. The van der Waals surface area contributed by atoms with Gasteiger partial charge in [-0.2, -0.15) is 0 Å². The van der Waals surface area contributed by atoms with Crippen molar-refractivity contribution >= 4 is 23.3 Å². The molecule has 2 aromatic rings. The van der Waals surface area contributed by atoms with Gasteiger partial charge >= 0.3 is 6.03 Å². The molecule has 3 heterocycles. The van der Waals surface area contributed by atoms with Gasteiger partial charge in [-0.15, -0.1) is 11.3 Å². The van der Waals surface area contributed by atoms with Crippen LogP contribution in [0, 0.1) is 0 Å². The molecule has 9 heteroatoms. The van der Waals surface area contributed by atoms with Gasteiger partial charge in [0.1, 0.15) is 10.7 Å². The molecule has 2 aromatic heterocycles. The van der Waals surface area contributed by atoms with E-state index in [1.807, 2.05) is 5.38 Å². The Morgan fingerprint density at radius 3 is 2.96 bits per heavy atom. The molecule has 0 aromatic carbocycles. The lowest BCUT2D eigenvalue weighted by Gasteiger charge is -2.25. The molecule has 0 saturated heterocycles. The Balaban J connectivity index is 1.66. The van der Waals surface area contributed by atoms with Crippen molar-refractivity contribution in [2.24, 2.45) is 0 Å². The Morgan fingerprint density at radius 2 is 2.25 bits per heavy atom. The van der Waals surface area contributed by atoms with Crippen LogP contribution in [0.1, 0.15) is 19.5 Å². The zero-order valence-corrected chi connectivity index (χ0v) is 14.0. The van der Waals surface area contributed by atoms with Crippen molar-refractivity contribution < 1.29 is 9.59 Å². The van der Waals surface area contributed by atoms with Gasteiger partial charge in [-0.25, -0.2) is 9.78 Å². The minimum atomic E-state index is -0.343. The lowest BCUT2D eigenvalue weighted by molar-refractivity contribution is -0.118. The summed E-state index contributed by atoms with van der Waals surface area (Å²) in [5, 5.41) is 10.7. The molecule has 3 amide bonds. The molecule has 0 saturated carbocycles. The molecule has 1 atom stereocenters. The normalized spacial score (nSPS) is 17.2. The Hall–Kier alpha value is -2.81. The second kappa shape index (κ2) is 6.75. The fourth-order valence-electron chi connectivity index (χ4n) is 2.42. The van der Waals surface area contributed by atoms with E-state index in [2.05, 4.69) is 30.9 Å². The second-order valence-corrected chi connectivity index (χ2v) is 6.13. The van der Waals surface area contributed by atoms with E-state index < -0.39 is 0 Å². The van der Waals surface area contributed by atoms with Crippen molar-refractivity contribution in [2.45, 2.75) is 26.4 Å². The lowest BCUT2D eigenvalue weighted by Crippen LogP contribution is -2.50. The summed E-state index contributed by atoms with van der Waals surface area (Å²) in [5.41, 5.74) is 2.51. The number of thiazole rings is 1. The number of aromatic nitrogens is 3. The SMILES string of the molecule is CC1=C(C(=O)NCc2csc(-c3cnccn3)n2)C(C)NC(=O)N1. The minimum absolute atomic E-state index is 0.235. The quantitative estimate of drug-likeness (QED) is 0.772. The third kappa shape index (κ3) is 3.40. The Bertz CT molecular complexity index is 801. The van der Waals surface area contributed by atoms with Crippen LogP contribution in [0.25, 0.3) is 10.7 Å². The lowest BCUT2D eigenvalue weighted by atomic mass is 10.0. The molecule has 1 aliphatic rings. The molecule has 0 bridgehead atoms. The predicted octanol–water partition coefficient (Wildman–Crippen LogP) is 1.19. The van der Waals surface area contributed by atoms with Crippen molar-refractivity contribution in [3.63, 3.8) is 0 Å². The highest BCUT2D eigenvalue weighted by Gasteiger charge is 2.26. The number of rotatable bonds is 4. The van der Waals surface area contributed by atoms with E-state index in [1.54, 1.807) is 32.4 Å². The standard InChI is InChI=1S/C15H16N6O2S/c1-8-12(9(2)20-15(23)19-8)13(22)18-5-10-7-24-14(21-10)11-6-16-3-4-17-11/h3-4,6-8H,5H2,1-2H3,(H,18,22)(H2,19,20,23). The van der Waals surface area contributed by atoms with Gasteiger partial charge in [-0.3, -0.25) is 14.8 Å². The molecule has 8 nitrogen and oxygen atoms in total. The summed E-state index contributed by atoms with van der Waals surface area (Å²) >= 11 is 1.45. The average Bonchev–Trinajstić information content (AvgIpc) is 3.02. The Labute approximate surface area is 142 Å². The summed E-state index contributed by atoms with van der Waals surface area (Å²) in [4.78, 5) is 36.4. The molecule has 0 spiro atoms. The predicted molar refractivity (Wildman–Crippen MR) is 88.8 cm³/mol. The highest BCUT2D eigenvalue weighted by molar-refractivity contribution is 7.13. The average molecular weight is 344 g/mol. The van der Waals surface area contributed by atoms with Gasteiger partial charge < -0.3 is 16.0 Å². The first-order valence-corrected chi connectivity index (χ1v) is 8.20. The van der Waals surface area contributed by atoms with Gasteiger partial charge in [0.25, 0.3) is 5.91 Å². The summed E-state index contributed by atoms with van der Waals surface area (Å²) in [7, 11) is 0. The fraction of sp³-hybridized carbons (Fsp3) is 0.267. The molecule has 0 aliphatic carbocycles. The maximum Gasteiger partial charge on any atom is 0.319 e. The maximum atomic E-state index is 12.4. The van der Waals surface area contributed by atoms with E-state index in [-0.39, 0.29) is 18.0 Å². The first-order chi connectivity index (χ1) is 11.5. The monoisotopic (exact) mass is 344 g/mol. The molecule has 1 unspecified atom stereocenters. The van der Waals surface area contributed by atoms with Crippen LogP contribution in [0.3, 0.4) is 0 Å². The van der Waals surface area contributed by atoms with Crippen LogP contribution < -0.4 is 16.0 Å². The molecule has 0 fully saturated rings. The summed E-state index contributed by atoms with van der Waals surface area (Å²) < 4.78 is 0. The van der Waals surface area contributed by atoms with Gasteiger partial charge in [0.2, 0.25) is 0 Å². The van der Waals surface area contributed by atoms with Gasteiger partial charge in [-0.05, 0) is 13.8 Å². The number of carbonyl (C=O) groups is 2. The van der Waals surface area contributed by atoms with Crippen molar-refractivity contribution in [1.29, 1.82) is 0 Å². The molecule has 1 aliphatic heterocycles. The maximum absolute atomic E-state index is 12.4. The van der Waals surface area contributed by atoms with Crippen molar-refractivity contribution in [3.8, 4) is 10.7 Å². The summed E-state index contributed by atoms with van der Waals surface area (Å²) in [6.07, 6.45) is 4.86. The number of allylic oxidation sites excluding steroid dienone is 1. The van der Waals surface area contributed by atoms with Gasteiger partial charge in [-0.1, -0.05) is 0 Å². The molecular weight excluding hydrogens is 328 g/mol. The van der Waals surface area contributed by atoms with Crippen LogP contribution in [0.5, 0.6) is 0 Å². The summed E-state index contributed by atoms with van der Waals surface area (Å²) in [5.74, 6) is -0.235. The van der Waals surface area contributed by atoms with E-state index in [0.29, 0.717) is 23.5 Å². The number of carbonyl (C=O) groups excluding carboxylic acids is 2. The third-order valence-corrected chi connectivity index (χ3v) is 4.41. The molecule has 3 N–H and O–H groups in total. The molecule has 3 rings (SSSR count). The van der Waals surface area contributed by atoms with E-state index >= 15 is 0 Å². The van der Waals surface area contributed by atoms with Crippen LogP contribution >= 0.6 is 11.3 Å². The van der Waals surface area contributed by atoms with E-state index in [1.165, 1.54) is 11.3 Å². The van der Waals surface area contributed by atoms with Crippen LogP contribution in [0.2, 0.25) is 0 Å². The smallest absolute Gasteiger partial charge is 0.319 e. The second-order valence-electron chi connectivity index (χ2n) is 5.28. The van der Waals surface area contributed by atoms with Crippen molar-refractivity contribution in [3.05, 3.63) is 40.9 Å². The molecular formula is C15H16N6O2S. The van der Waals surface area contributed by atoms with E-state index in [9.17, 15) is 9.59 Å². The molecule has 124 valence electrons. The Morgan fingerprint density at radius 1 is 1.42 bits per heavy atom. The van der Waals surface area contributed by atoms with Crippen LogP contribution in [0.15, 0.2) is 35.2 Å². The van der Waals surface area contributed by atoms with Crippen molar-refractivity contribution in [2.75, 3.05) is 0 Å². The van der Waals surface area contributed by atoms with Gasteiger partial charge in [0.15, 0.2) is 0 Å². The number of urea groups is 1. The molecule has 0 radical (unpaired) electrons. The molecule has 24 heavy (non-hydrogen) atoms. The highest BCUT2D eigenvalue weighted by atomic mass is 32.1. The first-order valence-electron chi connectivity index (χ1n) is 7.32.